The van der Waals surface area contributed by atoms with Gasteiger partial charge in [-0.2, -0.15) is 0 Å². The fraction of sp³-hybridized carbons (Fsp3) is 0.636. The van der Waals surface area contributed by atoms with Gasteiger partial charge >= 0.3 is 0 Å². The fourth-order valence-corrected chi connectivity index (χ4v) is 4.55. The summed E-state index contributed by atoms with van der Waals surface area (Å²) in [6.07, 6.45) is 1.72. The van der Waals surface area contributed by atoms with Crippen molar-refractivity contribution in [3.63, 3.8) is 0 Å². The second-order valence-corrected chi connectivity index (χ2v) is 9.77. The number of likely N-dealkylation sites (N-methyl/N-ethyl adjacent to an activating group) is 1. The zero-order valence-electron chi connectivity index (χ0n) is 19.4. The number of sulfonamides is 1. The summed E-state index contributed by atoms with van der Waals surface area (Å²) in [4.78, 5) is 19.6. The topological polar surface area (TPSA) is 110 Å². The van der Waals surface area contributed by atoms with Crippen LogP contribution in [0, 0.1) is 5.92 Å². The van der Waals surface area contributed by atoms with Crippen LogP contribution in [0.25, 0.3) is 11.0 Å². The molecule has 1 atom stereocenters. The molecule has 8 nitrogen and oxygen atoms in total. The van der Waals surface area contributed by atoms with Crippen LogP contribution in [0.4, 0.5) is 0 Å². The second-order valence-electron chi connectivity index (χ2n) is 8.21. The third-order valence-electron chi connectivity index (χ3n) is 5.71. The number of aromatic nitrogens is 2. The lowest BCUT2D eigenvalue weighted by molar-refractivity contribution is -0.121. The molecule has 0 saturated heterocycles. The summed E-state index contributed by atoms with van der Waals surface area (Å²) in [6.45, 7) is 14.0. The molecule has 31 heavy (non-hydrogen) atoms. The summed E-state index contributed by atoms with van der Waals surface area (Å²) in [5, 5.41) is 8.34. The summed E-state index contributed by atoms with van der Waals surface area (Å²) in [5.74, 6) is 1.22. The first-order chi connectivity index (χ1) is 14.6. The maximum atomic E-state index is 12.6. The van der Waals surface area contributed by atoms with Crippen LogP contribution in [0.1, 0.15) is 53.3 Å². The lowest BCUT2D eigenvalue weighted by atomic mass is 10.0. The van der Waals surface area contributed by atoms with E-state index in [-0.39, 0.29) is 10.8 Å². The molecule has 1 amide bonds. The van der Waals surface area contributed by atoms with E-state index in [1.54, 1.807) is 6.07 Å². The molecule has 2 aromatic rings. The van der Waals surface area contributed by atoms with E-state index >= 15 is 0 Å². The smallest absolute Gasteiger partial charge is 0.238 e. The van der Waals surface area contributed by atoms with Gasteiger partial charge in [0.1, 0.15) is 5.82 Å². The van der Waals surface area contributed by atoms with E-state index in [0.29, 0.717) is 36.9 Å². The van der Waals surface area contributed by atoms with Crippen LogP contribution in [0.5, 0.6) is 0 Å². The van der Waals surface area contributed by atoms with Crippen LogP contribution in [0.2, 0.25) is 0 Å². The summed E-state index contributed by atoms with van der Waals surface area (Å²) in [6, 6.07) is 5.04. The minimum atomic E-state index is -3.79. The van der Waals surface area contributed by atoms with Crippen LogP contribution in [-0.2, 0) is 27.8 Å². The summed E-state index contributed by atoms with van der Waals surface area (Å²) in [7, 11) is -3.79. The quantitative estimate of drug-likeness (QED) is 0.515. The number of imidazole rings is 1. The van der Waals surface area contributed by atoms with Gasteiger partial charge in [0.25, 0.3) is 0 Å². The van der Waals surface area contributed by atoms with Crippen molar-refractivity contribution in [3.05, 3.63) is 24.0 Å². The minimum Gasteiger partial charge on any atom is -0.355 e. The van der Waals surface area contributed by atoms with Crippen molar-refractivity contribution >= 4 is 27.0 Å². The second kappa shape index (κ2) is 11.1. The number of primary sulfonamides is 1. The number of rotatable bonds is 12. The van der Waals surface area contributed by atoms with Gasteiger partial charge < -0.3 is 9.88 Å². The van der Waals surface area contributed by atoms with Gasteiger partial charge in [-0.3, -0.25) is 9.69 Å². The third kappa shape index (κ3) is 6.51. The van der Waals surface area contributed by atoms with E-state index in [1.807, 2.05) is 0 Å². The molecule has 0 aliphatic heterocycles. The zero-order valence-corrected chi connectivity index (χ0v) is 20.2. The van der Waals surface area contributed by atoms with Crippen LogP contribution in [-0.4, -0.2) is 54.5 Å². The molecule has 0 bridgehead atoms. The van der Waals surface area contributed by atoms with Gasteiger partial charge in [0.2, 0.25) is 15.9 Å². The van der Waals surface area contributed by atoms with E-state index in [2.05, 4.69) is 54.4 Å². The first kappa shape index (κ1) is 25.3. The molecule has 174 valence electrons. The minimum absolute atomic E-state index is 0.00173. The number of carbonyl (C=O) groups is 1. The van der Waals surface area contributed by atoms with E-state index in [0.717, 1.165) is 37.4 Å². The first-order valence-corrected chi connectivity index (χ1v) is 12.7. The molecule has 0 aliphatic carbocycles. The van der Waals surface area contributed by atoms with Gasteiger partial charge in [-0.25, -0.2) is 18.5 Å². The number of nitrogens with zero attached hydrogens (tertiary/aromatic N) is 3. The molecule has 1 heterocycles. The molecule has 0 aliphatic rings. The molecule has 1 aromatic carbocycles. The van der Waals surface area contributed by atoms with Gasteiger partial charge in [-0.05, 0) is 43.6 Å². The van der Waals surface area contributed by atoms with Crippen molar-refractivity contribution in [3.8, 4) is 0 Å². The summed E-state index contributed by atoms with van der Waals surface area (Å²) >= 11 is 0. The standard InChI is InChI=1S/C22H37N5O3S/c1-6-13-27-19-10-9-17(31(23,29)30)14-18(19)25-21(27)11-12-22(28)24-15-20(16(4)5)26(7-2)8-3/h9-10,14,16,20H,6-8,11-13,15H2,1-5H3,(H,24,28)(H2,23,29,30)/t20-/m1/s1. The van der Waals surface area contributed by atoms with Crippen LogP contribution in [0.3, 0.4) is 0 Å². The predicted octanol–water partition coefficient (Wildman–Crippen LogP) is 2.51. The normalized spacial score (nSPS) is 13.3. The van der Waals surface area contributed by atoms with Crippen molar-refractivity contribution < 1.29 is 13.2 Å². The first-order valence-electron chi connectivity index (χ1n) is 11.1. The molecule has 2 rings (SSSR count). The van der Waals surface area contributed by atoms with Crippen LogP contribution >= 0.6 is 0 Å². The average molecular weight is 452 g/mol. The Hall–Kier alpha value is -1.97. The van der Waals surface area contributed by atoms with Gasteiger partial charge in [-0.15, -0.1) is 0 Å². The highest BCUT2D eigenvalue weighted by Gasteiger charge is 2.20. The lowest BCUT2D eigenvalue weighted by Crippen LogP contribution is -2.46. The molecule has 0 fully saturated rings. The Bertz CT molecular complexity index is 980. The Morgan fingerprint density at radius 2 is 1.90 bits per heavy atom. The Kier molecular flexibility index (Phi) is 9.02. The molecular formula is C22H37N5O3S. The SMILES string of the molecule is CCCn1c(CCC(=O)NC[C@H](C(C)C)N(CC)CC)nc2cc(S(N)(=O)=O)ccc21. The molecule has 3 N–H and O–H groups in total. The number of carbonyl (C=O) groups excluding carboxylic acids is 1. The molecule has 9 heteroatoms. The van der Waals surface area contributed by atoms with Crippen molar-refractivity contribution in [2.24, 2.45) is 11.1 Å². The van der Waals surface area contributed by atoms with Crippen molar-refractivity contribution in [2.75, 3.05) is 19.6 Å². The number of fused-ring (bicyclic) bond motifs is 1. The zero-order chi connectivity index (χ0) is 23.2. The van der Waals surface area contributed by atoms with Crippen molar-refractivity contribution in [2.45, 2.75) is 71.4 Å². The summed E-state index contributed by atoms with van der Waals surface area (Å²) < 4.78 is 25.4. The maximum absolute atomic E-state index is 12.6. The van der Waals surface area contributed by atoms with E-state index in [9.17, 15) is 13.2 Å². The molecule has 0 unspecified atom stereocenters. The third-order valence-corrected chi connectivity index (χ3v) is 6.62. The van der Waals surface area contributed by atoms with Crippen molar-refractivity contribution in [1.82, 2.24) is 19.8 Å². The molecular weight excluding hydrogens is 414 g/mol. The van der Waals surface area contributed by atoms with E-state index in [4.69, 9.17) is 5.14 Å². The number of hydrogen-bond acceptors (Lipinski definition) is 5. The van der Waals surface area contributed by atoms with Gasteiger partial charge in [0.05, 0.1) is 15.9 Å². The molecule has 0 saturated carbocycles. The number of benzene rings is 1. The molecule has 0 spiro atoms. The number of hydrogen-bond donors (Lipinski definition) is 2. The lowest BCUT2D eigenvalue weighted by Gasteiger charge is -2.32. The van der Waals surface area contributed by atoms with Gasteiger partial charge in [0, 0.05) is 32.0 Å². The Balaban J connectivity index is 2.12. The van der Waals surface area contributed by atoms with E-state index in [1.165, 1.54) is 12.1 Å². The Labute approximate surface area is 186 Å². The number of aryl methyl sites for hydroxylation is 2. The summed E-state index contributed by atoms with van der Waals surface area (Å²) in [5.41, 5.74) is 1.43. The predicted molar refractivity (Wildman–Crippen MR) is 124 cm³/mol. The molecule has 1 aromatic heterocycles. The van der Waals surface area contributed by atoms with Crippen molar-refractivity contribution in [1.29, 1.82) is 0 Å². The Morgan fingerprint density at radius 3 is 2.45 bits per heavy atom. The number of nitrogens with two attached hydrogens (primary N) is 1. The van der Waals surface area contributed by atoms with Gasteiger partial charge in [0.15, 0.2) is 0 Å². The monoisotopic (exact) mass is 451 g/mol. The number of nitrogens with one attached hydrogen (secondary N) is 1. The Morgan fingerprint density at radius 1 is 1.23 bits per heavy atom. The highest BCUT2D eigenvalue weighted by atomic mass is 32.2. The highest BCUT2D eigenvalue weighted by Crippen LogP contribution is 2.21. The van der Waals surface area contributed by atoms with Gasteiger partial charge in [-0.1, -0.05) is 34.6 Å². The van der Waals surface area contributed by atoms with Crippen LogP contribution in [0.15, 0.2) is 23.1 Å². The molecule has 0 radical (unpaired) electrons. The fourth-order valence-electron chi connectivity index (χ4n) is 4.01. The maximum Gasteiger partial charge on any atom is 0.238 e. The van der Waals surface area contributed by atoms with Crippen LogP contribution < -0.4 is 10.5 Å². The largest absolute Gasteiger partial charge is 0.355 e. The van der Waals surface area contributed by atoms with E-state index < -0.39 is 10.0 Å². The number of amides is 1. The highest BCUT2D eigenvalue weighted by molar-refractivity contribution is 7.89. The average Bonchev–Trinajstić information content (AvgIpc) is 3.05.